The molecule has 8 heteroatoms. The Morgan fingerprint density at radius 3 is 2.56 bits per heavy atom. The predicted molar refractivity (Wildman–Crippen MR) is 112 cm³/mol. The first kappa shape index (κ1) is 18.0. The first-order valence-electron chi connectivity index (χ1n) is 8.97. The van der Waals surface area contributed by atoms with Crippen LogP contribution in [0.15, 0.2) is 36.5 Å². The SMILES string of the molecule is Cc1nc(Nc2ccc(NCc3cnc(Cl)s3)cc2)cc(N2CCCC2)n1. The second-order valence-corrected chi connectivity index (χ2v) is 8.19. The zero-order valence-electron chi connectivity index (χ0n) is 15.1. The lowest BCUT2D eigenvalue weighted by molar-refractivity contribution is 0.912. The highest BCUT2D eigenvalue weighted by molar-refractivity contribution is 7.15. The van der Waals surface area contributed by atoms with Crippen LogP contribution in [0, 0.1) is 6.92 Å². The van der Waals surface area contributed by atoms with Crippen molar-refractivity contribution in [1.82, 2.24) is 15.0 Å². The van der Waals surface area contributed by atoms with E-state index in [1.54, 1.807) is 6.20 Å². The molecule has 0 saturated carbocycles. The van der Waals surface area contributed by atoms with Crippen molar-refractivity contribution in [1.29, 1.82) is 0 Å². The number of hydrogen-bond acceptors (Lipinski definition) is 7. The summed E-state index contributed by atoms with van der Waals surface area (Å²) >= 11 is 7.35. The van der Waals surface area contributed by atoms with Crippen LogP contribution in [0.2, 0.25) is 4.47 Å². The Morgan fingerprint density at radius 2 is 1.85 bits per heavy atom. The van der Waals surface area contributed by atoms with Gasteiger partial charge in [-0.05, 0) is 44.0 Å². The Hall–Kier alpha value is -2.38. The molecule has 1 fully saturated rings. The zero-order chi connectivity index (χ0) is 18.6. The predicted octanol–water partition coefficient (Wildman–Crippen LogP) is 4.85. The molecular formula is C19H21ClN6S. The minimum absolute atomic E-state index is 0.569. The molecule has 0 spiro atoms. The molecular weight excluding hydrogens is 380 g/mol. The number of anilines is 4. The normalized spacial score (nSPS) is 13.8. The molecule has 0 unspecified atom stereocenters. The molecule has 6 nitrogen and oxygen atoms in total. The van der Waals surface area contributed by atoms with Gasteiger partial charge in [-0.3, -0.25) is 0 Å². The van der Waals surface area contributed by atoms with Crippen LogP contribution >= 0.6 is 22.9 Å². The van der Waals surface area contributed by atoms with Gasteiger partial charge in [0.2, 0.25) is 0 Å². The minimum atomic E-state index is 0.569. The van der Waals surface area contributed by atoms with Gasteiger partial charge in [-0.1, -0.05) is 11.6 Å². The van der Waals surface area contributed by atoms with E-state index in [1.807, 2.05) is 37.3 Å². The third kappa shape index (κ3) is 4.67. The van der Waals surface area contributed by atoms with Crippen molar-refractivity contribution in [2.75, 3.05) is 28.6 Å². The third-order valence-electron chi connectivity index (χ3n) is 4.40. The van der Waals surface area contributed by atoms with Gasteiger partial charge >= 0.3 is 0 Å². The maximum absolute atomic E-state index is 5.86. The van der Waals surface area contributed by atoms with Gasteiger partial charge in [0.25, 0.3) is 0 Å². The van der Waals surface area contributed by atoms with Crippen LogP contribution in [0.3, 0.4) is 0 Å². The number of halogens is 1. The molecule has 1 aromatic carbocycles. The highest BCUT2D eigenvalue weighted by atomic mass is 35.5. The van der Waals surface area contributed by atoms with Crippen LogP contribution in [0.5, 0.6) is 0 Å². The van der Waals surface area contributed by atoms with Gasteiger partial charge in [-0.25, -0.2) is 15.0 Å². The van der Waals surface area contributed by atoms with Gasteiger partial charge in [0.05, 0.1) is 6.54 Å². The van der Waals surface area contributed by atoms with Gasteiger partial charge < -0.3 is 15.5 Å². The first-order chi connectivity index (χ1) is 13.2. The number of aromatic nitrogens is 3. The van der Waals surface area contributed by atoms with Crippen LogP contribution in [-0.4, -0.2) is 28.0 Å². The van der Waals surface area contributed by atoms with Crippen molar-refractivity contribution >= 4 is 45.9 Å². The minimum Gasteiger partial charge on any atom is -0.380 e. The van der Waals surface area contributed by atoms with E-state index in [9.17, 15) is 0 Å². The molecule has 3 heterocycles. The molecule has 1 aliphatic heterocycles. The summed E-state index contributed by atoms with van der Waals surface area (Å²) in [7, 11) is 0. The fraction of sp³-hybridized carbons (Fsp3) is 0.316. The Labute approximate surface area is 167 Å². The standard InChI is InChI=1S/C19H21ClN6S/c1-13-23-17(10-18(24-13)26-8-2-3-9-26)25-15-6-4-14(5-7-15)21-11-16-12-22-19(20)27-16/h4-7,10,12,21H,2-3,8-9,11H2,1H3,(H,23,24,25). The Morgan fingerprint density at radius 1 is 1.11 bits per heavy atom. The summed E-state index contributed by atoms with van der Waals surface area (Å²) in [5, 5.41) is 6.75. The Bertz CT molecular complexity index is 905. The monoisotopic (exact) mass is 400 g/mol. The van der Waals surface area contributed by atoms with Gasteiger partial charge in [0.1, 0.15) is 17.5 Å². The Balaban J connectivity index is 1.40. The summed E-state index contributed by atoms with van der Waals surface area (Å²) in [6, 6.07) is 10.2. The van der Waals surface area contributed by atoms with Crippen molar-refractivity contribution < 1.29 is 0 Å². The van der Waals surface area contributed by atoms with Crippen molar-refractivity contribution in [3.63, 3.8) is 0 Å². The average Bonchev–Trinajstić information content (AvgIpc) is 3.32. The number of rotatable bonds is 6. The third-order valence-corrected chi connectivity index (χ3v) is 5.52. The lowest BCUT2D eigenvalue weighted by Crippen LogP contribution is -2.19. The second-order valence-electron chi connectivity index (χ2n) is 6.49. The maximum Gasteiger partial charge on any atom is 0.183 e. The van der Waals surface area contributed by atoms with Crippen molar-refractivity contribution in [2.45, 2.75) is 26.3 Å². The largest absolute Gasteiger partial charge is 0.380 e. The molecule has 0 amide bonds. The van der Waals surface area contributed by atoms with Crippen LogP contribution in [0.25, 0.3) is 0 Å². The number of nitrogens with one attached hydrogen (secondary N) is 2. The molecule has 4 rings (SSSR count). The maximum atomic E-state index is 5.86. The van der Waals surface area contributed by atoms with E-state index >= 15 is 0 Å². The summed E-state index contributed by atoms with van der Waals surface area (Å²) in [5.74, 6) is 2.61. The summed E-state index contributed by atoms with van der Waals surface area (Å²) in [4.78, 5) is 16.6. The van der Waals surface area contributed by atoms with Gasteiger partial charge in [-0.2, -0.15) is 0 Å². The van der Waals surface area contributed by atoms with E-state index in [0.717, 1.165) is 46.8 Å². The lowest BCUT2D eigenvalue weighted by Gasteiger charge is -2.18. The summed E-state index contributed by atoms with van der Waals surface area (Å²) < 4.78 is 0.569. The summed E-state index contributed by atoms with van der Waals surface area (Å²) in [6.07, 6.45) is 4.26. The molecule has 140 valence electrons. The number of benzene rings is 1. The van der Waals surface area contributed by atoms with Gasteiger partial charge in [0.15, 0.2) is 4.47 Å². The average molecular weight is 401 g/mol. The molecule has 27 heavy (non-hydrogen) atoms. The molecule has 1 saturated heterocycles. The van der Waals surface area contributed by atoms with Gasteiger partial charge in [0, 0.05) is 41.6 Å². The van der Waals surface area contributed by atoms with E-state index in [0.29, 0.717) is 11.0 Å². The molecule has 0 aliphatic carbocycles. The number of thiazole rings is 1. The quantitative estimate of drug-likeness (QED) is 0.616. The van der Waals surface area contributed by atoms with E-state index in [1.165, 1.54) is 24.2 Å². The van der Waals surface area contributed by atoms with E-state index < -0.39 is 0 Å². The van der Waals surface area contributed by atoms with E-state index in [-0.39, 0.29) is 0 Å². The van der Waals surface area contributed by atoms with Crippen LogP contribution < -0.4 is 15.5 Å². The molecule has 1 aliphatic rings. The highest BCUT2D eigenvalue weighted by Crippen LogP contribution is 2.24. The van der Waals surface area contributed by atoms with Gasteiger partial charge in [-0.15, -0.1) is 11.3 Å². The van der Waals surface area contributed by atoms with Crippen LogP contribution in [0.1, 0.15) is 23.5 Å². The fourth-order valence-corrected chi connectivity index (χ4v) is 4.02. The van der Waals surface area contributed by atoms with Crippen LogP contribution in [-0.2, 0) is 6.54 Å². The molecule has 0 bridgehead atoms. The molecule has 3 aromatic rings. The second kappa shape index (κ2) is 8.10. The molecule has 0 atom stereocenters. The molecule has 2 aromatic heterocycles. The number of aryl methyl sites for hydroxylation is 1. The summed E-state index contributed by atoms with van der Waals surface area (Å²) in [5.41, 5.74) is 2.04. The fourth-order valence-electron chi connectivity index (χ4n) is 3.10. The Kier molecular flexibility index (Phi) is 5.40. The highest BCUT2D eigenvalue weighted by Gasteiger charge is 2.15. The number of hydrogen-bond donors (Lipinski definition) is 2. The smallest absolute Gasteiger partial charge is 0.183 e. The van der Waals surface area contributed by atoms with E-state index in [4.69, 9.17) is 11.6 Å². The van der Waals surface area contributed by atoms with Crippen molar-refractivity contribution in [3.05, 3.63) is 51.7 Å². The zero-order valence-corrected chi connectivity index (χ0v) is 16.6. The molecule has 2 N–H and O–H groups in total. The molecule has 0 radical (unpaired) electrons. The van der Waals surface area contributed by atoms with Crippen LogP contribution in [0.4, 0.5) is 23.0 Å². The van der Waals surface area contributed by atoms with E-state index in [2.05, 4.69) is 30.5 Å². The summed E-state index contributed by atoms with van der Waals surface area (Å²) in [6.45, 7) is 4.79. The number of nitrogens with zero attached hydrogens (tertiary/aromatic N) is 4. The first-order valence-corrected chi connectivity index (χ1v) is 10.2. The topological polar surface area (TPSA) is 66.0 Å². The lowest BCUT2D eigenvalue weighted by atomic mass is 10.2. The van der Waals surface area contributed by atoms with Crippen molar-refractivity contribution in [3.8, 4) is 0 Å². The van der Waals surface area contributed by atoms with Crippen molar-refractivity contribution in [2.24, 2.45) is 0 Å².